The van der Waals surface area contributed by atoms with Crippen molar-refractivity contribution < 1.29 is 9.21 Å². The molecule has 1 aliphatic heterocycles. The van der Waals surface area contributed by atoms with Crippen molar-refractivity contribution in [3.8, 4) is 0 Å². The van der Waals surface area contributed by atoms with E-state index in [4.69, 9.17) is 10.2 Å². The molecule has 74 valence electrons. The van der Waals surface area contributed by atoms with E-state index >= 15 is 0 Å². The summed E-state index contributed by atoms with van der Waals surface area (Å²) in [6.07, 6.45) is 5.10. The van der Waals surface area contributed by atoms with E-state index in [1.165, 1.54) is 4.90 Å². The molecule has 2 N–H and O–H groups in total. The van der Waals surface area contributed by atoms with E-state index < -0.39 is 6.03 Å². The van der Waals surface area contributed by atoms with Crippen molar-refractivity contribution in [1.82, 2.24) is 9.80 Å². The van der Waals surface area contributed by atoms with Crippen LogP contribution in [0, 0.1) is 0 Å². The highest BCUT2D eigenvalue weighted by atomic mass is 16.3. The maximum Gasteiger partial charge on any atom is 0.320 e. The van der Waals surface area contributed by atoms with Crippen LogP contribution in [0.3, 0.4) is 0 Å². The van der Waals surface area contributed by atoms with Gasteiger partial charge in [0, 0.05) is 12.4 Å². The Morgan fingerprint density at radius 1 is 1.57 bits per heavy atom. The van der Waals surface area contributed by atoms with Crippen molar-refractivity contribution in [2.45, 2.75) is 6.54 Å². The average Bonchev–Trinajstić information content (AvgIpc) is 2.75. The molecule has 2 heterocycles. The number of primary amides is 1. The van der Waals surface area contributed by atoms with Crippen molar-refractivity contribution >= 4 is 6.03 Å². The smallest absolute Gasteiger partial charge is 0.320 e. The van der Waals surface area contributed by atoms with Crippen molar-refractivity contribution in [1.29, 1.82) is 0 Å². The number of hydrogen-bond donors (Lipinski definition) is 1. The number of carbonyl (C=O) groups is 1. The number of nitrogens with zero attached hydrogens (tertiary/aromatic N) is 2. The zero-order valence-corrected chi connectivity index (χ0v) is 7.59. The van der Waals surface area contributed by atoms with Gasteiger partial charge >= 0.3 is 6.03 Å². The first-order valence-electron chi connectivity index (χ1n) is 4.26. The fraction of sp³-hybridized carbons (Fsp3) is 0.222. The van der Waals surface area contributed by atoms with E-state index in [0.717, 1.165) is 5.76 Å². The van der Waals surface area contributed by atoms with Gasteiger partial charge < -0.3 is 15.1 Å². The summed E-state index contributed by atoms with van der Waals surface area (Å²) in [6, 6.07) is 3.28. The van der Waals surface area contributed by atoms with E-state index in [9.17, 15) is 4.79 Å². The SMILES string of the molecule is NC(=O)N1C=CN(Cc2ccco2)C1. The van der Waals surface area contributed by atoms with Crippen LogP contribution in [-0.4, -0.2) is 22.5 Å². The molecule has 1 aliphatic rings. The fourth-order valence-electron chi connectivity index (χ4n) is 1.31. The van der Waals surface area contributed by atoms with Gasteiger partial charge in [-0.15, -0.1) is 0 Å². The average molecular weight is 193 g/mol. The molecule has 0 saturated heterocycles. The molecule has 0 fully saturated rings. The third-order valence-electron chi connectivity index (χ3n) is 2.01. The molecular weight excluding hydrogens is 182 g/mol. The molecule has 0 spiro atoms. The highest BCUT2D eigenvalue weighted by molar-refractivity contribution is 5.73. The van der Waals surface area contributed by atoms with Crippen molar-refractivity contribution in [3.05, 3.63) is 36.6 Å². The Kier molecular flexibility index (Phi) is 2.14. The van der Waals surface area contributed by atoms with Crippen LogP contribution in [0.15, 0.2) is 35.2 Å². The lowest BCUT2D eigenvalue weighted by atomic mass is 10.4. The predicted octanol–water partition coefficient (Wildman–Crippen LogP) is 0.905. The summed E-state index contributed by atoms with van der Waals surface area (Å²) in [6.45, 7) is 1.13. The van der Waals surface area contributed by atoms with Gasteiger partial charge in [-0.3, -0.25) is 4.90 Å². The lowest BCUT2D eigenvalue weighted by Crippen LogP contribution is -2.33. The second kappa shape index (κ2) is 3.45. The van der Waals surface area contributed by atoms with Gasteiger partial charge in [-0.05, 0) is 12.1 Å². The Labute approximate surface area is 81.4 Å². The Hall–Kier alpha value is -1.91. The van der Waals surface area contributed by atoms with E-state index in [1.54, 1.807) is 12.5 Å². The topological polar surface area (TPSA) is 62.7 Å². The van der Waals surface area contributed by atoms with Gasteiger partial charge in [0.15, 0.2) is 0 Å². The number of rotatable bonds is 2. The van der Waals surface area contributed by atoms with E-state index in [2.05, 4.69) is 0 Å². The fourth-order valence-corrected chi connectivity index (χ4v) is 1.31. The highest BCUT2D eigenvalue weighted by Crippen LogP contribution is 2.11. The minimum atomic E-state index is -0.441. The van der Waals surface area contributed by atoms with Crippen LogP contribution in [-0.2, 0) is 6.54 Å². The molecule has 5 heteroatoms. The zero-order chi connectivity index (χ0) is 9.97. The molecule has 0 unspecified atom stereocenters. The number of furan rings is 1. The first-order chi connectivity index (χ1) is 6.75. The first kappa shape index (κ1) is 8.68. The molecule has 2 rings (SSSR count). The highest BCUT2D eigenvalue weighted by Gasteiger charge is 2.16. The van der Waals surface area contributed by atoms with Gasteiger partial charge in [0.1, 0.15) is 5.76 Å². The summed E-state index contributed by atoms with van der Waals surface area (Å²) in [4.78, 5) is 14.2. The number of carbonyl (C=O) groups excluding carboxylic acids is 1. The first-order valence-corrected chi connectivity index (χ1v) is 4.26. The maximum atomic E-state index is 10.8. The van der Waals surface area contributed by atoms with Gasteiger partial charge in [0.25, 0.3) is 0 Å². The molecule has 2 amide bonds. The summed E-state index contributed by atoms with van der Waals surface area (Å²) in [5.74, 6) is 0.862. The second-order valence-electron chi connectivity index (χ2n) is 3.07. The van der Waals surface area contributed by atoms with E-state index in [-0.39, 0.29) is 0 Å². The van der Waals surface area contributed by atoms with Gasteiger partial charge in [-0.1, -0.05) is 0 Å². The standard InChI is InChI=1S/C9H11N3O2/c10-9(13)12-4-3-11(7-12)6-8-2-1-5-14-8/h1-5H,6-7H2,(H2,10,13). The molecule has 0 aromatic carbocycles. The molecule has 0 saturated carbocycles. The van der Waals surface area contributed by atoms with Crippen LogP contribution in [0.25, 0.3) is 0 Å². The third-order valence-corrected chi connectivity index (χ3v) is 2.01. The number of nitrogens with two attached hydrogens (primary N) is 1. The minimum absolute atomic E-state index is 0.441. The molecule has 0 bridgehead atoms. The second-order valence-corrected chi connectivity index (χ2v) is 3.07. The Morgan fingerprint density at radius 2 is 2.43 bits per heavy atom. The number of hydrogen-bond acceptors (Lipinski definition) is 3. The molecule has 0 aliphatic carbocycles. The molecule has 0 atom stereocenters. The van der Waals surface area contributed by atoms with Gasteiger partial charge in [-0.25, -0.2) is 4.79 Å². The quantitative estimate of drug-likeness (QED) is 0.759. The van der Waals surface area contributed by atoms with Crippen LogP contribution in [0.5, 0.6) is 0 Å². The van der Waals surface area contributed by atoms with Gasteiger partial charge in [-0.2, -0.15) is 0 Å². The van der Waals surface area contributed by atoms with Gasteiger partial charge in [0.05, 0.1) is 19.5 Å². The molecule has 5 nitrogen and oxygen atoms in total. The van der Waals surface area contributed by atoms with Crippen LogP contribution in [0.2, 0.25) is 0 Å². The molecule has 14 heavy (non-hydrogen) atoms. The van der Waals surface area contributed by atoms with Crippen molar-refractivity contribution in [3.63, 3.8) is 0 Å². The Bertz CT molecular complexity index is 345. The van der Waals surface area contributed by atoms with Crippen molar-refractivity contribution in [2.75, 3.05) is 6.67 Å². The van der Waals surface area contributed by atoms with E-state index in [1.807, 2.05) is 23.2 Å². The number of amides is 2. The van der Waals surface area contributed by atoms with E-state index in [0.29, 0.717) is 13.2 Å². The lowest BCUT2D eigenvalue weighted by molar-refractivity contribution is 0.207. The van der Waals surface area contributed by atoms with Crippen molar-refractivity contribution in [2.24, 2.45) is 5.73 Å². The minimum Gasteiger partial charge on any atom is -0.467 e. The summed E-state index contributed by atoms with van der Waals surface area (Å²) in [5.41, 5.74) is 5.12. The Balaban J connectivity index is 1.92. The Morgan fingerprint density at radius 3 is 3.00 bits per heavy atom. The normalized spacial score (nSPS) is 15.1. The molecule has 0 radical (unpaired) electrons. The summed E-state index contributed by atoms with van der Waals surface area (Å²) in [7, 11) is 0. The number of urea groups is 1. The maximum absolute atomic E-state index is 10.8. The summed E-state index contributed by atoms with van der Waals surface area (Å²) < 4.78 is 5.18. The van der Waals surface area contributed by atoms with Crippen LogP contribution in [0.4, 0.5) is 4.79 Å². The molecular formula is C9H11N3O2. The zero-order valence-electron chi connectivity index (χ0n) is 7.59. The van der Waals surface area contributed by atoms with Crippen LogP contribution >= 0.6 is 0 Å². The summed E-state index contributed by atoms with van der Waals surface area (Å²) in [5, 5.41) is 0. The predicted molar refractivity (Wildman–Crippen MR) is 49.7 cm³/mol. The van der Waals surface area contributed by atoms with Gasteiger partial charge in [0.2, 0.25) is 0 Å². The largest absolute Gasteiger partial charge is 0.467 e. The van der Waals surface area contributed by atoms with Crippen LogP contribution < -0.4 is 5.73 Å². The monoisotopic (exact) mass is 193 g/mol. The van der Waals surface area contributed by atoms with Crippen LogP contribution in [0.1, 0.15) is 5.76 Å². The molecule has 1 aromatic heterocycles. The lowest BCUT2D eigenvalue weighted by Gasteiger charge is -2.17. The summed E-state index contributed by atoms with van der Waals surface area (Å²) >= 11 is 0. The third kappa shape index (κ3) is 1.71. The molecule has 1 aromatic rings.